The van der Waals surface area contributed by atoms with Gasteiger partial charge in [-0.05, 0) is 5.56 Å². The topological polar surface area (TPSA) is 58.6 Å². The number of benzene rings is 1. The van der Waals surface area contributed by atoms with E-state index in [0.29, 0.717) is 6.66 Å². The number of hydrogen-bond acceptors (Lipinski definition) is 4. The van der Waals surface area contributed by atoms with Crippen LogP contribution in [0.1, 0.15) is 11.7 Å². The van der Waals surface area contributed by atoms with Gasteiger partial charge in [0.2, 0.25) is 0 Å². The van der Waals surface area contributed by atoms with E-state index < -0.39 is 37.7 Å². The zero-order chi connectivity index (χ0) is 18.1. The molecule has 4 nitrogen and oxygen atoms in total. The molecule has 1 aromatic rings. The van der Waals surface area contributed by atoms with E-state index in [2.05, 4.69) is 9.26 Å². The first-order valence-electron chi connectivity index (χ1n) is 5.70. The van der Waals surface area contributed by atoms with Crippen LogP contribution in [-0.4, -0.2) is 25.1 Å². The molecule has 0 heterocycles. The number of halogens is 7. The van der Waals surface area contributed by atoms with Crippen LogP contribution in [0.4, 0.5) is 30.7 Å². The highest BCUT2D eigenvalue weighted by molar-refractivity contribution is 7.50. The Labute approximate surface area is 125 Å². The Morgan fingerprint density at radius 2 is 1.52 bits per heavy atom. The molecule has 0 aliphatic carbocycles. The zero-order valence-electron chi connectivity index (χ0n) is 11.2. The third-order valence-corrected chi connectivity index (χ3v) is 2.95. The van der Waals surface area contributed by atoms with Crippen molar-refractivity contribution < 1.29 is 49.5 Å². The predicted octanol–water partition coefficient (Wildman–Crippen LogP) is 3.69. The average molecular weight is 369 g/mol. The summed E-state index contributed by atoms with van der Waals surface area (Å²) in [4.78, 5) is 11.0. The summed E-state index contributed by atoms with van der Waals surface area (Å²) in [7, 11) is -5.00. The van der Waals surface area contributed by atoms with E-state index in [9.17, 15) is 40.2 Å². The summed E-state index contributed by atoms with van der Waals surface area (Å²) in [6.07, 6.45) is -15.4. The van der Waals surface area contributed by atoms with Gasteiger partial charge in [0.1, 0.15) is 7.60 Å². The van der Waals surface area contributed by atoms with Crippen molar-refractivity contribution in [2.75, 3.05) is 6.66 Å². The molecule has 0 aliphatic heterocycles. The highest BCUT2D eigenvalue weighted by atomic mass is 31.2. The van der Waals surface area contributed by atoms with Crippen molar-refractivity contribution >= 4 is 7.60 Å². The maximum absolute atomic E-state index is 13.9. The van der Waals surface area contributed by atoms with Crippen LogP contribution in [0.25, 0.3) is 0 Å². The van der Waals surface area contributed by atoms with Gasteiger partial charge in [0.15, 0.2) is 6.10 Å². The lowest BCUT2D eigenvalue weighted by molar-refractivity contribution is -0.473. The molecular formula is C11H9F7O4P-. The molecule has 0 aromatic heterocycles. The van der Waals surface area contributed by atoms with Crippen LogP contribution < -0.4 is 4.89 Å². The van der Waals surface area contributed by atoms with Crippen LogP contribution in [0.2, 0.25) is 0 Å². The molecule has 0 radical (unpaired) electrons. The fourth-order valence-corrected chi connectivity index (χ4v) is 2.16. The monoisotopic (exact) mass is 369 g/mol. The molecule has 0 N–H and O–H groups in total. The molecule has 0 spiro atoms. The molecule has 1 rings (SSSR count). The minimum absolute atomic E-state index is 0.307. The molecule has 2 atom stereocenters. The molecule has 0 saturated carbocycles. The summed E-state index contributed by atoms with van der Waals surface area (Å²) in [5, 5.41) is 0. The van der Waals surface area contributed by atoms with Gasteiger partial charge >= 0.3 is 18.4 Å². The maximum Gasteiger partial charge on any atom is 0.527 e. The van der Waals surface area contributed by atoms with Gasteiger partial charge in [-0.15, -0.1) is 13.2 Å². The van der Waals surface area contributed by atoms with E-state index >= 15 is 0 Å². The zero-order valence-corrected chi connectivity index (χ0v) is 12.1. The summed E-state index contributed by atoms with van der Waals surface area (Å²) in [6.45, 7) is 0.307. The molecule has 23 heavy (non-hydrogen) atoms. The Hall–Kier alpha value is -1.16. The minimum atomic E-state index is -6.08. The molecule has 0 fully saturated rings. The molecule has 12 heteroatoms. The van der Waals surface area contributed by atoms with Gasteiger partial charge in [-0.25, -0.2) is 4.74 Å². The van der Waals surface area contributed by atoms with E-state index in [1.54, 1.807) is 0 Å². The molecule has 0 bridgehead atoms. The summed E-state index contributed by atoms with van der Waals surface area (Å²) < 4.78 is 107. The van der Waals surface area contributed by atoms with Crippen LogP contribution in [0.5, 0.6) is 0 Å². The lowest BCUT2D eigenvalue weighted by Gasteiger charge is -2.35. The normalized spacial score (nSPS) is 17.6. The minimum Gasteiger partial charge on any atom is -0.779 e. The maximum atomic E-state index is 13.9. The smallest absolute Gasteiger partial charge is 0.527 e. The van der Waals surface area contributed by atoms with Gasteiger partial charge in [-0.1, -0.05) is 30.3 Å². The van der Waals surface area contributed by atoms with Crippen LogP contribution >= 0.6 is 7.60 Å². The predicted molar refractivity (Wildman–Crippen MR) is 60.8 cm³/mol. The summed E-state index contributed by atoms with van der Waals surface area (Å²) >= 11 is 0. The standard InChI is InChI=1S/C11H10F7O4P/c1-23(19,20)21-8(7-5-3-2-4-6-7)9(12,13)10(14,15)22-11(16,17)18/h2-6,8H,1H3,(H,19,20)/p-1/t8-/m1/s1. The van der Waals surface area contributed by atoms with E-state index in [1.807, 2.05) is 0 Å². The third-order valence-electron chi connectivity index (χ3n) is 2.36. The lowest BCUT2D eigenvalue weighted by Crippen LogP contribution is -2.50. The number of ether oxygens (including phenoxy) is 1. The first-order chi connectivity index (χ1) is 10.2. The second-order valence-corrected chi connectivity index (χ2v) is 6.11. The van der Waals surface area contributed by atoms with Crippen molar-refractivity contribution in [1.29, 1.82) is 0 Å². The van der Waals surface area contributed by atoms with Crippen molar-refractivity contribution in [3.63, 3.8) is 0 Å². The van der Waals surface area contributed by atoms with Crippen molar-refractivity contribution in [2.45, 2.75) is 24.5 Å². The van der Waals surface area contributed by atoms with E-state index in [-0.39, 0.29) is 0 Å². The van der Waals surface area contributed by atoms with Gasteiger partial charge in [-0.2, -0.15) is 17.6 Å². The summed E-state index contributed by atoms with van der Waals surface area (Å²) in [5.74, 6) is -5.64. The van der Waals surface area contributed by atoms with Gasteiger partial charge < -0.3 is 14.0 Å². The fourth-order valence-electron chi connectivity index (χ4n) is 1.52. The molecule has 1 unspecified atom stereocenters. The molecule has 1 aromatic carbocycles. The Morgan fingerprint density at radius 1 is 1.04 bits per heavy atom. The largest absolute Gasteiger partial charge is 0.779 e. The third kappa shape index (κ3) is 5.45. The van der Waals surface area contributed by atoms with E-state index in [1.165, 1.54) is 6.07 Å². The summed E-state index contributed by atoms with van der Waals surface area (Å²) in [6, 6.07) is 5.02. The molecule has 132 valence electrons. The van der Waals surface area contributed by atoms with Crippen LogP contribution in [-0.2, 0) is 13.8 Å². The molecular weight excluding hydrogens is 360 g/mol. The quantitative estimate of drug-likeness (QED) is 0.567. The SMILES string of the molecule is CP(=O)([O-])O[C@H](c1ccccc1)C(F)(F)C(F)(F)OC(F)(F)F. The van der Waals surface area contributed by atoms with Crippen molar-refractivity contribution in [2.24, 2.45) is 0 Å². The highest BCUT2D eigenvalue weighted by Crippen LogP contribution is 2.52. The van der Waals surface area contributed by atoms with Gasteiger partial charge in [-0.3, -0.25) is 0 Å². The van der Waals surface area contributed by atoms with Crippen molar-refractivity contribution in [3.8, 4) is 0 Å². The van der Waals surface area contributed by atoms with Gasteiger partial charge in [0.05, 0.1) is 0 Å². The Bertz CT molecular complexity index is 569. The van der Waals surface area contributed by atoms with Gasteiger partial charge in [0, 0.05) is 6.66 Å². The van der Waals surface area contributed by atoms with Crippen LogP contribution in [0.3, 0.4) is 0 Å². The number of rotatable bonds is 6. The van der Waals surface area contributed by atoms with E-state index in [4.69, 9.17) is 0 Å². The molecule has 0 aliphatic rings. The fraction of sp³-hybridized carbons (Fsp3) is 0.455. The van der Waals surface area contributed by atoms with Crippen molar-refractivity contribution in [3.05, 3.63) is 35.9 Å². The van der Waals surface area contributed by atoms with E-state index in [0.717, 1.165) is 24.3 Å². The first-order valence-corrected chi connectivity index (χ1v) is 7.69. The van der Waals surface area contributed by atoms with Crippen molar-refractivity contribution in [1.82, 2.24) is 0 Å². The number of hydrogen-bond donors (Lipinski definition) is 0. The first kappa shape index (κ1) is 19.9. The summed E-state index contributed by atoms with van der Waals surface area (Å²) in [5.41, 5.74) is -0.777. The Balaban J connectivity index is 3.31. The van der Waals surface area contributed by atoms with Crippen LogP contribution in [0.15, 0.2) is 30.3 Å². The highest BCUT2D eigenvalue weighted by Gasteiger charge is 2.67. The Morgan fingerprint density at radius 3 is 1.91 bits per heavy atom. The molecule has 0 amide bonds. The van der Waals surface area contributed by atoms with Crippen LogP contribution in [0, 0.1) is 0 Å². The lowest BCUT2D eigenvalue weighted by atomic mass is 10.0. The molecule has 0 saturated heterocycles. The number of alkyl halides is 7. The second kappa shape index (κ2) is 6.39. The Kier molecular flexibility index (Phi) is 5.52. The van der Waals surface area contributed by atoms with Gasteiger partial charge in [0.25, 0.3) is 0 Å². The second-order valence-electron chi connectivity index (χ2n) is 4.36. The average Bonchev–Trinajstić information content (AvgIpc) is 2.32.